The van der Waals surface area contributed by atoms with Crippen molar-refractivity contribution in [3.05, 3.63) is 34.9 Å². The third-order valence-electron chi connectivity index (χ3n) is 2.92. The van der Waals surface area contributed by atoms with Gasteiger partial charge in [0.25, 0.3) is 0 Å². The molecule has 0 amide bonds. The molecule has 0 saturated heterocycles. The van der Waals surface area contributed by atoms with Crippen LogP contribution < -0.4 is 0 Å². The number of nitrogens with zero attached hydrogens (tertiary/aromatic N) is 1. The summed E-state index contributed by atoms with van der Waals surface area (Å²) in [6, 6.07) is 8.85. The first kappa shape index (κ1) is 8.31. The summed E-state index contributed by atoms with van der Waals surface area (Å²) in [7, 11) is 0. The number of benzene rings is 1. The van der Waals surface area contributed by atoms with Crippen LogP contribution >= 0.6 is 0 Å². The Kier molecular flexibility index (Phi) is 1.84. The minimum absolute atomic E-state index is 0.280. The van der Waals surface area contributed by atoms with E-state index in [1.807, 2.05) is 0 Å². The predicted molar refractivity (Wildman–Crippen MR) is 52.4 cm³/mol. The standard InChI is InChI=1S/C12H13N/c1-8-3-4-10(5-9(8)2)12-6-11(12)7-13/h3-5,11-12H,6H2,1-2H3. The maximum Gasteiger partial charge on any atom is 0.0662 e. The first-order chi connectivity index (χ1) is 6.22. The fourth-order valence-electron chi connectivity index (χ4n) is 1.70. The van der Waals surface area contributed by atoms with Gasteiger partial charge in [-0.3, -0.25) is 0 Å². The van der Waals surface area contributed by atoms with Gasteiger partial charge in [-0.05, 0) is 37.0 Å². The zero-order valence-corrected chi connectivity index (χ0v) is 8.04. The molecule has 66 valence electrons. The van der Waals surface area contributed by atoms with Crippen LogP contribution in [0.5, 0.6) is 0 Å². The van der Waals surface area contributed by atoms with E-state index in [-0.39, 0.29) is 5.92 Å². The molecule has 1 aliphatic rings. The molecule has 1 aromatic rings. The van der Waals surface area contributed by atoms with E-state index in [9.17, 15) is 0 Å². The second kappa shape index (κ2) is 2.88. The van der Waals surface area contributed by atoms with Gasteiger partial charge in [0.05, 0.1) is 12.0 Å². The second-order valence-corrected chi connectivity index (χ2v) is 3.92. The molecule has 0 radical (unpaired) electrons. The normalized spacial score (nSPS) is 25.3. The first-order valence-corrected chi connectivity index (χ1v) is 4.69. The van der Waals surface area contributed by atoms with Crippen molar-refractivity contribution in [1.29, 1.82) is 5.26 Å². The van der Waals surface area contributed by atoms with Gasteiger partial charge in [-0.2, -0.15) is 5.26 Å². The van der Waals surface area contributed by atoms with E-state index >= 15 is 0 Å². The Morgan fingerprint density at radius 3 is 2.62 bits per heavy atom. The number of aryl methyl sites for hydroxylation is 2. The van der Waals surface area contributed by atoms with Crippen LogP contribution in [0.2, 0.25) is 0 Å². The summed E-state index contributed by atoms with van der Waals surface area (Å²) >= 11 is 0. The van der Waals surface area contributed by atoms with Crippen LogP contribution in [0.1, 0.15) is 29.0 Å². The zero-order valence-electron chi connectivity index (χ0n) is 8.04. The maximum atomic E-state index is 8.71. The molecule has 0 heterocycles. The molecule has 0 N–H and O–H groups in total. The van der Waals surface area contributed by atoms with E-state index in [1.165, 1.54) is 16.7 Å². The van der Waals surface area contributed by atoms with E-state index < -0.39 is 0 Å². The fraction of sp³-hybridized carbons (Fsp3) is 0.417. The molecule has 0 aromatic heterocycles. The highest BCUT2D eigenvalue weighted by Crippen LogP contribution is 2.47. The highest BCUT2D eigenvalue weighted by molar-refractivity contribution is 5.36. The van der Waals surface area contributed by atoms with Crippen LogP contribution in [0.4, 0.5) is 0 Å². The van der Waals surface area contributed by atoms with Crippen LogP contribution in [0.15, 0.2) is 18.2 Å². The summed E-state index contributed by atoms with van der Waals surface area (Å²) in [5.74, 6) is 0.798. The minimum Gasteiger partial charge on any atom is -0.198 e. The van der Waals surface area contributed by atoms with Crippen LogP contribution in [-0.4, -0.2) is 0 Å². The van der Waals surface area contributed by atoms with Crippen molar-refractivity contribution in [2.24, 2.45) is 5.92 Å². The molecule has 1 aromatic carbocycles. The highest BCUT2D eigenvalue weighted by Gasteiger charge is 2.38. The molecular formula is C12H13N. The maximum absolute atomic E-state index is 8.71. The van der Waals surface area contributed by atoms with Crippen molar-refractivity contribution in [2.45, 2.75) is 26.2 Å². The Hall–Kier alpha value is -1.29. The van der Waals surface area contributed by atoms with Crippen molar-refractivity contribution in [3.63, 3.8) is 0 Å². The Labute approximate surface area is 79.0 Å². The summed E-state index contributed by atoms with van der Waals surface area (Å²) in [4.78, 5) is 0. The SMILES string of the molecule is Cc1ccc(C2CC2C#N)cc1C. The molecule has 0 bridgehead atoms. The van der Waals surface area contributed by atoms with Crippen molar-refractivity contribution in [2.75, 3.05) is 0 Å². The summed E-state index contributed by atoms with van der Waals surface area (Å²) in [6.45, 7) is 4.25. The van der Waals surface area contributed by atoms with Crippen molar-refractivity contribution >= 4 is 0 Å². The number of hydrogen-bond acceptors (Lipinski definition) is 1. The Morgan fingerprint density at radius 2 is 2.08 bits per heavy atom. The summed E-state index contributed by atoms with van der Waals surface area (Å²) < 4.78 is 0. The number of hydrogen-bond donors (Lipinski definition) is 0. The highest BCUT2D eigenvalue weighted by atomic mass is 14.4. The minimum atomic E-state index is 0.280. The summed E-state index contributed by atoms with van der Waals surface area (Å²) in [6.07, 6.45) is 1.05. The molecule has 1 saturated carbocycles. The molecule has 1 aliphatic carbocycles. The predicted octanol–water partition coefficient (Wildman–Crippen LogP) is 2.93. The van der Waals surface area contributed by atoms with Gasteiger partial charge in [-0.15, -0.1) is 0 Å². The van der Waals surface area contributed by atoms with Crippen LogP contribution in [0.25, 0.3) is 0 Å². The lowest BCUT2D eigenvalue weighted by molar-refractivity contribution is 1.02. The third-order valence-corrected chi connectivity index (χ3v) is 2.92. The van der Waals surface area contributed by atoms with Crippen LogP contribution in [-0.2, 0) is 0 Å². The van der Waals surface area contributed by atoms with Crippen molar-refractivity contribution < 1.29 is 0 Å². The van der Waals surface area contributed by atoms with Gasteiger partial charge in [0.2, 0.25) is 0 Å². The molecule has 1 heteroatoms. The largest absolute Gasteiger partial charge is 0.198 e. The zero-order chi connectivity index (χ0) is 9.42. The van der Waals surface area contributed by atoms with Gasteiger partial charge < -0.3 is 0 Å². The topological polar surface area (TPSA) is 23.8 Å². The molecule has 1 nitrogen and oxygen atoms in total. The van der Waals surface area contributed by atoms with Gasteiger partial charge >= 0.3 is 0 Å². The van der Waals surface area contributed by atoms with Gasteiger partial charge in [-0.25, -0.2) is 0 Å². The molecule has 0 aliphatic heterocycles. The molecule has 2 unspecified atom stereocenters. The number of nitriles is 1. The lowest BCUT2D eigenvalue weighted by Crippen LogP contribution is -1.86. The molecular weight excluding hydrogens is 158 g/mol. The van der Waals surface area contributed by atoms with Gasteiger partial charge in [0, 0.05) is 5.92 Å². The van der Waals surface area contributed by atoms with Gasteiger partial charge in [0.1, 0.15) is 0 Å². The number of rotatable bonds is 1. The van der Waals surface area contributed by atoms with E-state index in [0.29, 0.717) is 5.92 Å². The van der Waals surface area contributed by atoms with Crippen LogP contribution in [0, 0.1) is 31.1 Å². The van der Waals surface area contributed by atoms with Crippen LogP contribution in [0.3, 0.4) is 0 Å². The molecule has 2 rings (SSSR count). The fourth-order valence-corrected chi connectivity index (χ4v) is 1.70. The second-order valence-electron chi connectivity index (χ2n) is 3.92. The molecule has 1 fully saturated rings. The van der Waals surface area contributed by atoms with E-state index in [4.69, 9.17) is 5.26 Å². The van der Waals surface area contributed by atoms with Crippen molar-refractivity contribution in [1.82, 2.24) is 0 Å². The Morgan fingerprint density at radius 1 is 1.31 bits per heavy atom. The first-order valence-electron chi connectivity index (χ1n) is 4.69. The molecule has 2 atom stereocenters. The summed E-state index contributed by atoms with van der Waals surface area (Å²) in [5, 5.41) is 8.71. The molecule has 13 heavy (non-hydrogen) atoms. The van der Waals surface area contributed by atoms with Gasteiger partial charge in [0.15, 0.2) is 0 Å². The van der Waals surface area contributed by atoms with Crippen molar-refractivity contribution in [3.8, 4) is 6.07 Å². The lowest BCUT2D eigenvalue weighted by Gasteiger charge is -2.02. The molecule has 0 spiro atoms. The van der Waals surface area contributed by atoms with E-state index in [1.54, 1.807) is 0 Å². The average Bonchev–Trinajstić information content (AvgIpc) is 2.88. The quantitative estimate of drug-likeness (QED) is 0.637. The Bertz CT molecular complexity index is 373. The summed E-state index contributed by atoms with van der Waals surface area (Å²) in [5.41, 5.74) is 4.01. The third kappa shape index (κ3) is 1.45. The average molecular weight is 171 g/mol. The lowest BCUT2D eigenvalue weighted by atomic mass is 10.0. The Balaban J connectivity index is 2.25. The van der Waals surface area contributed by atoms with Gasteiger partial charge in [-0.1, -0.05) is 18.2 Å². The monoisotopic (exact) mass is 171 g/mol. The smallest absolute Gasteiger partial charge is 0.0662 e. The van der Waals surface area contributed by atoms with E-state index in [0.717, 1.165) is 6.42 Å². The van der Waals surface area contributed by atoms with E-state index in [2.05, 4.69) is 38.1 Å².